The Hall–Kier alpha value is -1.13. The van der Waals surface area contributed by atoms with Gasteiger partial charge in [-0.1, -0.05) is 31.9 Å². The maximum absolute atomic E-state index is 13.5. The number of piperazine rings is 1. The smallest absolute Gasteiger partial charge is 0.165 e. The van der Waals surface area contributed by atoms with Gasteiger partial charge >= 0.3 is 0 Å². The lowest BCUT2D eigenvalue weighted by Gasteiger charge is -2.35. The predicted molar refractivity (Wildman–Crippen MR) is 74.8 cm³/mol. The number of phenolic OH excluding ortho intramolecular Hbond substituents is 1. The normalized spacial score (nSPS) is 18.4. The molecule has 1 aromatic rings. The zero-order valence-corrected chi connectivity index (χ0v) is 11.5. The topological polar surface area (TPSA) is 35.5 Å². The molecule has 3 nitrogen and oxygen atoms in total. The Morgan fingerprint density at radius 3 is 2.79 bits per heavy atom. The van der Waals surface area contributed by atoms with Crippen molar-refractivity contribution >= 4 is 0 Å². The van der Waals surface area contributed by atoms with E-state index in [0.717, 1.165) is 51.0 Å². The SMILES string of the molecule is CCCC[C@H](c1cccc(F)c1O)N1CCNCC1. The molecule has 4 heteroatoms. The second-order valence-electron chi connectivity index (χ2n) is 5.12. The molecular formula is C15H23FN2O. The van der Waals surface area contributed by atoms with Gasteiger partial charge in [-0.15, -0.1) is 0 Å². The molecule has 0 spiro atoms. The van der Waals surface area contributed by atoms with Crippen molar-refractivity contribution in [2.24, 2.45) is 0 Å². The molecule has 1 aliphatic rings. The zero-order chi connectivity index (χ0) is 13.7. The molecule has 0 unspecified atom stereocenters. The number of aromatic hydroxyl groups is 1. The third-order valence-electron chi connectivity index (χ3n) is 3.80. The van der Waals surface area contributed by atoms with E-state index < -0.39 is 5.82 Å². The largest absolute Gasteiger partial charge is 0.505 e. The summed E-state index contributed by atoms with van der Waals surface area (Å²) >= 11 is 0. The molecule has 106 valence electrons. The molecule has 1 saturated heterocycles. The van der Waals surface area contributed by atoms with E-state index in [9.17, 15) is 9.50 Å². The van der Waals surface area contributed by atoms with Crippen molar-refractivity contribution in [3.63, 3.8) is 0 Å². The van der Waals surface area contributed by atoms with Gasteiger partial charge in [0.15, 0.2) is 11.6 Å². The van der Waals surface area contributed by atoms with E-state index in [4.69, 9.17) is 0 Å². The van der Waals surface area contributed by atoms with Crippen LogP contribution in [0.2, 0.25) is 0 Å². The van der Waals surface area contributed by atoms with Gasteiger partial charge in [0.2, 0.25) is 0 Å². The van der Waals surface area contributed by atoms with E-state index in [-0.39, 0.29) is 11.8 Å². The molecule has 2 rings (SSSR count). The van der Waals surface area contributed by atoms with Gasteiger partial charge in [0.05, 0.1) is 0 Å². The van der Waals surface area contributed by atoms with Gasteiger partial charge in [0, 0.05) is 37.8 Å². The lowest BCUT2D eigenvalue weighted by Crippen LogP contribution is -2.45. The minimum atomic E-state index is -0.519. The summed E-state index contributed by atoms with van der Waals surface area (Å²) in [6, 6.07) is 4.97. The van der Waals surface area contributed by atoms with E-state index in [2.05, 4.69) is 17.1 Å². The van der Waals surface area contributed by atoms with Gasteiger partial charge in [-0.3, -0.25) is 4.90 Å². The number of hydrogen-bond donors (Lipinski definition) is 2. The summed E-state index contributed by atoms with van der Waals surface area (Å²) in [4.78, 5) is 2.35. The minimum absolute atomic E-state index is 0.123. The molecule has 0 aliphatic carbocycles. The molecule has 1 fully saturated rings. The number of nitrogens with zero attached hydrogens (tertiary/aromatic N) is 1. The van der Waals surface area contributed by atoms with E-state index in [0.29, 0.717) is 0 Å². The number of unbranched alkanes of at least 4 members (excludes halogenated alkanes) is 1. The summed E-state index contributed by atoms with van der Waals surface area (Å²) < 4.78 is 13.5. The fraction of sp³-hybridized carbons (Fsp3) is 0.600. The number of nitrogens with one attached hydrogen (secondary N) is 1. The van der Waals surface area contributed by atoms with Crippen LogP contribution in [0.25, 0.3) is 0 Å². The molecular weight excluding hydrogens is 243 g/mol. The Morgan fingerprint density at radius 1 is 1.37 bits per heavy atom. The van der Waals surface area contributed by atoms with Crippen LogP contribution in [-0.2, 0) is 0 Å². The summed E-state index contributed by atoms with van der Waals surface area (Å²) in [6.07, 6.45) is 3.16. The van der Waals surface area contributed by atoms with Crippen LogP contribution < -0.4 is 5.32 Å². The van der Waals surface area contributed by atoms with Gasteiger partial charge in [-0.2, -0.15) is 0 Å². The molecule has 0 saturated carbocycles. The predicted octanol–water partition coefficient (Wildman–Crippen LogP) is 2.67. The monoisotopic (exact) mass is 266 g/mol. The second kappa shape index (κ2) is 6.87. The number of rotatable bonds is 5. The van der Waals surface area contributed by atoms with Gasteiger partial charge in [-0.25, -0.2) is 4.39 Å². The summed E-state index contributed by atoms with van der Waals surface area (Å²) in [6.45, 7) is 5.96. The van der Waals surface area contributed by atoms with Gasteiger partial charge < -0.3 is 10.4 Å². The Labute approximate surface area is 114 Å². The van der Waals surface area contributed by atoms with Crippen LogP contribution in [0.4, 0.5) is 4.39 Å². The lowest BCUT2D eigenvalue weighted by molar-refractivity contribution is 0.160. The number of para-hydroxylation sites is 1. The average molecular weight is 266 g/mol. The quantitative estimate of drug-likeness (QED) is 0.860. The standard InChI is InChI=1S/C15H23FN2O/c1-2-3-7-14(18-10-8-17-9-11-18)12-5-4-6-13(16)15(12)19/h4-6,14,17,19H,2-3,7-11H2,1H3/t14-/m1/s1. The fourth-order valence-electron chi connectivity index (χ4n) is 2.73. The van der Waals surface area contributed by atoms with E-state index in [1.807, 2.05) is 6.07 Å². The van der Waals surface area contributed by atoms with Crippen LogP contribution in [-0.4, -0.2) is 36.2 Å². The van der Waals surface area contributed by atoms with Gasteiger partial charge in [0.1, 0.15) is 0 Å². The molecule has 1 heterocycles. The van der Waals surface area contributed by atoms with Gasteiger partial charge in [-0.05, 0) is 12.5 Å². The molecule has 1 aromatic carbocycles. The van der Waals surface area contributed by atoms with Crippen molar-refractivity contribution in [3.8, 4) is 5.75 Å². The van der Waals surface area contributed by atoms with Crippen molar-refractivity contribution in [3.05, 3.63) is 29.6 Å². The molecule has 0 aromatic heterocycles. The fourth-order valence-corrected chi connectivity index (χ4v) is 2.73. The number of halogens is 1. The maximum atomic E-state index is 13.5. The highest BCUT2D eigenvalue weighted by atomic mass is 19.1. The van der Waals surface area contributed by atoms with Crippen molar-refractivity contribution in [2.45, 2.75) is 32.2 Å². The van der Waals surface area contributed by atoms with E-state index >= 15 is 0 Å². The molecule has 1 atom stereocenters. The lowest BCUT2D eigenvalue weighted by atomic mass is 9.97. The Balaban J connectivity index is 2.22. The Kier molecular flexibility index (Phi) is 5.16. The first kappa shape index (κ1) is 14.3. The van der Waals surface area contributed by atoms with Crippen LogP contribution in [0.5, 0.6) is 5.75 Å². The molecule has 0 bridgehead atoms. The third kappa shape index (κ3) is 3.45. The summed E-state index contributed by atoms with van der Waals surface area (Å²) in [5.74, 6) is -0.698. The van der Waals surface area contributed by atoms with Crippen LogP contribution in [0.15, 0.2) is 18.2 Å². The van der Waals surface area contributed by atoms with Crippen molar-refractivity contribution < 1.29 is 9.50 Å². The van der Waals surface area contributed by atoms with Crippen LogP contribution >= 0.6 is 0 Å². The average Bonchev–Trinajstić information content (AvgIpc) is 2.45. The number of hydrogen-bond acceptors (Lipinski definition) is 3. The first-order valence-electron chi connectivity index (χ1n) is 7.16. The molecule has 19 heavy (non-hydrogen) atoms. The van der Waals surface area contributed by atoms with E-state index in [1.165, 1.54) is 6.07 Å². The van der Waals surface area contributed by atoms with Gasteiger partial charge in [0.25, 0.3) is 0 Å². The summed E-state index contributed by atoms with van der Waals surface area (Å²) in [5, 5.41) is 13.3. The van der Waals surface area contributed by atoms with Crippen LogP contribution in [0.3, 0.4) is 0 Å². The molecule has 1 aliphatic heterocycles. The molecule has 2 N–H and O–H groups in total. The van der Waals surface area contributed by atoms with E-state index in [1.54, 1.807) is 6.07 Å². The highest BCUT2D eigenvalue weighted by Crippen LogP contribution is 2.34. The molecule has 0 amide bonds. The van der Waals surface area contributed by atoms with Crippen molar-refractivity contribution in [1.29, 1.82) is 0 Å². The molecule has 0 radical (unpaired) electrons. The second-order valence-corrected chi connectivity index (χ2v) is 5.12. The number of benzene rings is 1. The highest BCUT2D eigenvalue weighted by molar-refractivity contribution is 5.36. The Bertz CT molecular complexity index is 405. The maximum Gasteiger partial charge on any atom is 0.165 e. The first-order valence-corrected chi connectivity index (χ1v) is 7.16. The first-order chi connectivity index (χ1) is 9.24. The van der Waals surface area contributed by atoms with Crippen LogP contribution in [0.1, 0.15) is 37.8 Å². The zero-order valence-electron chi connectivity index (χ0n) is 11.5. The van der Waals surface area contributed by atoms with Crippen LogP contribution in [0, 0.1) is 5.82 Å². The highest BCUT2D eigenvalue weighted by Gasteiger charge is 2.24. The number of phenols is 1. The summed E-state index contributed by atoms with van der Waals surface area (Å²) in [5.41, 5.74) is 0.732. The van der Waals surface area contributed by atoms with Crippen molar-refractivity contribution in [1.82, 2.24) is 10.2 Å². The minimum Gasteiger partial charge on any atom is -0.505 e. The Morgan fingerprint density at radius 2 is 2.11 bits per heavy atom. The van der Waals surface area contributed by atoms with Crippen molar-refractivity contribution in [2.75, 3.05) is 26.2 Å². The third-order valence-corrected chi connectivity index (χ3v) is 3.80. The summed E-state index contributed by atoms with van der Waals surface area (Å²) in [7, 11) is 0.